The predicted molar refractivity (Wildman–Crippen MR) is 124 cm³/mol. The number of carbonyl (C=O) groups excluding carboxylic acids is 1. The number of piperidine rings is 3. The number of anilines is 1. The summed E-state index contributed by atoms with van der Waals surface area (Å²) in [6, 6.07) is 13.2. The number of aromatic nitrogens is 1. The molecule has 6 rings (SSSR count). The highest BCUT2D eigenvalue weighted by Crippen LogP contribution is 2.39. The van der Waals surface area contributed by atoms with Crippen LogP contribution < -0.4 is 5.32 Å². The molecular weight excluding hydrogens is 384 g/mol. The lowest BCUT2D eigenvalue weighted by Gasteiger charge is -2.44. The number of benzene rings is 1. The maximum absolute atomic E-state index is 13.0. The molecule has 4 heterocycles. The molecule has 2 unspecified atom stereocenters. The number of nitrogens with zero attached hydrogens (tertiary/aromatic N) is 3. The molecule has 5 heteroatoms. The molecule has 5 nitrogen and oxygen atoms in total. The van der Waals surface area contributed by atoms with Gasteiger partial charge in [0.05, 0.1) is 5.92 Å². The van der Waals surface area contributed by atoms with Gasteiger partial charge in [0.15, 0.2) is 0 Å². The van der Waals surface area contributed by atoms with E-state index in [2.05, 4.69) is 65.4 Å². The maximum Gasteiger partial charge on any atom is 0.227 e. The third-order valence-electron chi connectivity index (χ3n) is 7.92. The maximum atomic E-state index is 13.0. The van der Waals surface area contributed by atoms with Crippen molar-refractivity contribution >= 4 is 11.7 Å². The van der Waals surface area contributed by atoms with Crippen LogP contribution in [-0.4, -0.2) is 53.4 Å². The number of carbonyl (C=O) groups is 1. The van der Waals surface area contributed by atoms with Crippen molar-refractivity contribution < 1.29 is 4.79 Å². The molecule has 2 atom stereocenters. The van der Waals surface area contributed by atoms with E-state index in [1.54, 1.807) is 0 Å². The van der Waals surface area contributed by atoms with Gasteiger partial charge in [0.1, 0.15) is 5.82 Å². The van der Waals surface area contributed by atoms with E-state index in [1.807, 2.05) is 18.1 Å². The second-order valence-corrected chi connectivity index (χ2v) is 10.3. The minimum absolute atomic E-state index is 0.0684. The van der Waals surface area contributed by atoms with Gasteiger partial charge in [0.25, 0.3) is 0 Å². The highest BCUT2D eigenvalue weighted by atomic mass is 16.2. The molecule has 1 N–H and O–H groups in total. The van der Waals surface area contributed by atoms with E-state index < -0.39 is 0 Å². The van der Waals surface area contributed by atoms with Crippen LogP contribution >= 0.6 is 0 Å². The van der Waals surface area contributed by atoms with Gasteiger partial charge >= 0.3 is 0 Å². The first-order valence-electron chi connectivity index (χ1n) is 11.7. The van der Waals surface area contributed by atoms with Crippen molar-refractivity contribution in [1.82, 2.24) is 14.8 Å². The molecule has 4 aliphatic rings. The number of hydrogen-bond acceptors (Lipinski definition) is 4. The minimum Gasteiger partial charge on any atom is -0.366 e. The largest absolute Gasteiger partial charge is 0.366 e. The van der Waals surface area contributed by atoms with Crippen molar-refractivity contribution in [2.45, 2.75) is 51.1 Å². The molecule has 31 heavy (non-hydrogen) atoms. The lowest BCUT2D eigenvalue weighted by molar-refractivity contribution is -0.141. The van der Waals surface area contributed by atoms with Crippen molar-refractivity contribution in [3.8, 4) is 0 Å². The summed E-state index contributed by atoms with van der Waals surface area (Å²) in [5.41, 5.74) is 4.00. The molecule has 2 bridgehead atoms. The van der Waals surface area contributed by atoms with E-state index in [0.717, 1.165) is 24.3 Å². The Labute approximate surface area is 185 Å². The Morgan fingerprint density at radius 3 is 2.61 bits per heavy atom. The first-order valence-corrected chi connectivity index (χ1v) is 11.7. The molecule has 3 saturated heterocycles. The van der Waals surface area contributed by atoms with Crippen LogP contribution in [0.1, 0.15) is 43.4 Å². The Morgan fingerprint density at radius 1 is 1.19 bits per heavy atom. The van der Waals surface area contributed by atoms with Crippen LogP contribution in [-0.2, 0) is 23.2 Å². The third-order valence-corrected chi connectivity index (χ3v) is 7.92. The zero-order valence-corrected chi connectivity index (χ0v) is 19.0. The molecule has 1 aromatic heterocycles. The molecule has 2 aromatic rings. The molecule has 1 aliphatic carbocycles. The molecule has 3 aliphatic heterocycles. The molecule has 0 saturated carbocycles. The summed E-state index contributed by atoms with van der Waals surface area (Å²) in [6.07, 6.45) is 5.28. The summed E-state index contributed by atoms with van der Waals surface area (Å²) in [6.45, 7) is 8.50. The quantitative estimate of drug-likeness (QED) is 0.804. The summed E-state index contributed by atoms with van der Waals surface area (Å²) < 4.78 is 0. The van der Waals surface area contributed by atoms with Crippen molar-refractivity contribution in [3.05, 3.63) is 59.3 Å². The second-order valence-electron chi connectivity index (χ2n) is 10.3. The van der Waals surface area contributed by atoms with Crippen LogP contribution in [0.25, 0.3) is 0 Å². The predicted octanol–water partition coefficient (Wildman–Crippen LogP) is 3.70. The van der Waals surface area contributed by atoms with E-state index in [4.69, 9.17) is 0 Å². The Morgan fingerprint density at radius 2 is 1.97 bits per heavy atom. The zero-order chi connectivity index (χ0) is 21.6. The van der Waals surface area contributed by atoms with Gasteiger partial charge in [-0.2, -0.15) is 0 Å². The van der Waals surface area contributed by atoms with E-state index in [1.165, 1.54) is 37.1 Å². The van der Waals surface area contributed by atoms with Crippen LogP contribution in [0.2, 0.25) is 0 Å². The van der Waals surface area contributed by atoms with E-state index in [9.17, 15) is 4.79 Å². The molecule has 1 amide bonds. The van der Waals surface area contributed by atoms with Crippen molar-refractivity contribution in [3.63, 3.8) is 0 Å². The van der Waals surface area contributed by atoms with E-state index >= 15 is 0 Å². The summed E-state index contributed by atoms with van der Waals surface area (Å²) >= 11 is 0. The third kappa shape index (κ3) is 3.84. The van der Waals surface area contributed by atoms with Gasteiger partial charge in [0.2, 0.25) is 5.91 Å². The number of rotatable bonds is 5. The van der Waals surface area contributed by atoms with Gasteiger partial charge in [-0.05, 0) is 61.0 Å². The number of pyridine rings is 1. The fourth-order valence-corrected chi connectivity index (χ4v) is 5.88. The van der Waals surface area contributed by atoms with Gasteiger partial charge in [-0.25, -0.2) is 4.98 Å². The number of fused-ring (bicyclic) bond motifs is 4. The zero-order valence-electron chi connectivity index (χ0n) is 19.0. The first-order chi connectivity index (χ1) is 14.9. The summed E-state index contributed by atoms with van der Waals surface area (Å²) in [7, 11) is 1.93. The molecule has 164 valence electrons. The number of hydrogen-bond donors (Lipinski definition) is 1. The smallest absolute Gasteiger partial charge is 0.227 e. The van der Waals surface area contributed by atoms with Crippen LogP contribution in [0.15, 0.2) is 42.6 Å². The molecule has 1 aromatic carbocycles. The SMILES string of the molecule is CN(Cc1ccc(NC2Cc3ccccc3C2(C)C)nc1)C(=O)C1CN2CCC1CC2. The average Bonchev–Trinajstić information content (AvgIpc) is 3.05. The van der Waals surface area contributed by atoms with Gasteiger partial charge in [-0.1, -0.05) is 44.2 Å². The van der Waals surface area contributed by atoms with Crippen LogP contribution in [0, 0.1) is 11.8 Å². The van der Waals surface area contributed by atoms with Crippen LogP contribution in [0.3, 0.4) is 0 Å². The summed E-state index contributed by atoms with van der Waals surface area (Å²) in [5.74, 6) is 1.94. The van der Waals surface area contributed by atoms with Gasteiger partial charge < -0.3 is 15.1 Å². The van der Waals surface area contributed by atoms with Gasteiger partial charge in [-0.15, -0.1) is 0 Å². The monoisotopic (exact) mass is 418 g/mol. The van der Waals surface area contributed by atoms with Crippen molar-refractivity contribution in [2.24, 2.45) is 11.8 Å². The Hall–Kier alpha value is -2.40. The fraction of sp³-hybridized carbons (Fsp3) is 0.538. The minimum atomic E-state index is 0.0684. The Bertz CT molecular complexity index is 946. The van der Waals surface area contributed by atoms with Gasteiger partial charge in [-0.3, -0.25) is 4.79 Å². The highest BCUT2D eigenvalue weighted by molar-refractivity contribution is 5.79. The lowest BCUT2D eigenvalue weighted by Crippen LogP contribution is -2.52. The molecule has 0 radical (unpaired) electrons. The fourth-order valence-electron chi connectivity index (χ4n) is 5.88. The number of nitrogens with one attached hydrogen (secondary N) is 1. The van der Waals surface area contributed by atoms with E-state index in [-0.39, 0.29) is 11.3 Å². The lowest BCUT2D eigenvalue weighted by atomic mass is 9.78. The molecule has 3 fully saturated rings. The highest BCUT2D eigenvalue weighted by Gasteiger charge is 2.40. The van der Waals surface area contributed by atoms with Crippen LogP contribution in [0.4, 0.5) is 5.82 Å². The first kappa shape index (κ1) is 20.5. The molecular formula is C26H34N4O. The number of amides is 1. The van der Waals surface area contributed by atoms with Crippen molar-refractivity contribution in [1.29, 1.82) is 0 Å². The Balaban J connectivity index is 1.20. The standard InChI is InChI=1S/C26H34N4O/c1-26(2)22-7-5-4-6-20(22)14-23(26)28-24-9-8-18(15-27-24)16-29(3)25(31)21-17-30-12-10-19(21)11-13-30/h4-9,15,19,21,23H,10-14,16-17H2,1-3H3,(H,27,28). The van der Waals surface area contributed by atoms with Crippen molar-refractivity contribution in [2.75, 3.05) is 32.0 Å². The normalized spacial score (nSPS) is 28.2. The summed E-state index contributed by atoms with van der Waals surface area (Å²) in [5, 5.41) is 3.65. The Kier molecular flexibility index (Phi) is 5.25. The van der Waals surface area contributed by atoms with Gasteiger partial charge in [0, 0.05) is 37.8 Å². The molecule has 0 spiro atoms. The van der Waals surface area contributed by atoms with Crippen LogP contribution in [0.5, 0.6) is 0 Å². The average molecular weight is 419 g/mol. The summed E-state index contributed by atoms with van der Waals surface area (Å²) in [4.78, 5) is 22.1. The second kappa shape index (κ2) is 7.94. The topological polar surface area (TPSA) is 48.5 Å². The van der Waals surface area contributed by atoms with E-state index in [0.29, 0.717) is 24.4 Å².